The molecule has 0 aliphatic rings. The highest BCUT2D eigenvalue weighted by Gasteiger charge is 2.28. The van der Waals surface area contributed by atoms with Crippen LogP contribution in [-0.4, -0.2) is 12.8 Å². The van der Waals surface area contributed by atoms with Crippen molar-refractivity contribution in [2.24, 2.45) is 0 Å². The van der Waals surface area contributed by atoms with Crippen LogP contribution in [-0.2, 0) is 0 Å². The maximum atomic E-state index is 13.2. The van der Waals surface area contributed by atoms with Gasteiger partial charge in [-0.05, 0) is 30.0 Å². The van der Waals surface area contributed by atoms with E-state index in [4.69, 9.17) is 0 Å². The molecule has 0 saturated heterocycles. The number of hydrogen-bond donors (Lipinski definition) is 0. The summed E-state index contributed by atoms with van der Waals surface area (Å²) in [6.45, 7) is 2.39. The molecule has 5 heteroatoms. The average Bonchev–Trinajstić information content (AvgIpc) is 2.23. The third-order valence-electron chi connectivity index (χ3n) is 2.48. The Kier molecular flexibility index (Phi) is 4.37. The zero-order valence-electron chi connectivity index (χ0n) is 9.64. The number of benzene rings is 1. The summed E-state index contributed by atoms with van der Waals surface area (Å²) in [7, 11) is 0. The van der Waals surface area contributed by atoms with Crippen molar-refractivity contribution in [1.29, 1.82) is 0 Å². The van der Waals surface area contributed by atoms with Gasteiger partial charge in [-0.2, -0.15) is 13.2 Å². The minimum atomic E-state index is -4.41. The molecule has 0 spiro atoms. The second-order valence-corrected chi connectivity index (χ2v) is 3.93. The molecule has 1 aromatic carbocycles. The molecule has 0 heterocycles. The van der Waals surface area contributed by atoms with E-state index in [1.54, 1.807) is 0 Å². The van der Waals surface area contributed by atoms with E-state index in [-0.39, 0.29) is 11.7 Å². The van der Waals surface area contributed by atoms with Crippen LogP contribution in [0.2, 0.25) is 0 Å². The van der Waals surface area contributed by atoms with Crippen LogP contribution in [0.5, 0.6) is 5.75 Å². The molecule has 0 amide bonds. The van der Waals surface area contributed by atoms with E-state index in [9.17, 15) is 17.6 Å². The van der Waals surface area contributed by atoms with Gasteiger partial charge in [0.1, 0.15) is 11.6 Å². The topological polar surface area (TPSA) is 9.23 Å². The summed E-state index contributed by atoms with van der Waals surface area (Å²) in [6, 6.07) is 3.72. The van der Waals surface area contributed by atoms with E-state index in [1.165, 1.54) is 12.1 Å². The zero-order chi connectivity index (χ0) is 13.1. The Morgan fingerprint density at radius 2 is 1.88 bits per heavy atom. The average molecular weight is 250 g/mol. The predicted octanol–water partition coefficient (Wildman–Crippen LogP) is 4.28. The zero-order valence-corrected chi connectivity index (χ0v) is 9.64. The molecule has 0 saturated carbocycles. The number of halogens is 4. The molecule has 1 rings (SSSR count). The van der Waals surface area contributed by atoms with E-state index < -0.39 is 18.6 Å². The van der Waals surface area contributed by atoms with Crippen molar-refractivity contribution < 1.29 is 22.3 Å². The summed E-state index contributed by atoms with van der Waals surface area (Å²) in [6.07, 6.45) is -3.63. The molecule has 1 atom stereocenters. The van der Waals surface area contributed by atoms with Crippen LogP contribution in [0.4, 0.5) is 17.6 Å². The van der Waals surface area contributed by atoms with Crippen LogP contribution in [0.15, 0.2) is 18.2 Å². The molecular weight excluding hydrogens is 236 g/mol. The van der Waals surface area contributed by atoms with Crippen molar-refractivity contribution in [3.05, 3.63) is 29.6 Å². The Balaban J connectivity index is 2.82. The van der Waals surface area contributed by atoms with Crippen LogP contribution >= 0.6 is 0 Å². The molecule has 1 aromatic rings. The van der Waals surface area contributed by atoms with Crippen molar-refractivity contribution in [2.75, 3.05) is 6.61 Å². The minimum absolute atomic E-state index is 0.0823. The lowest BCUT2D eigenvalue weighted by Crippen LogP contribution is -2.19. The van der Waals surface area contributed by atoms with Gasteiger partial charge in [-0.15, -0.1) is 0 Å². The van der Waals surface area contributed by atoms with Gasteiger partial charge in [-0.25, -0.2) is 4.39 Å². The van der Waals surface area contributed by atoms with Gasteiger partial charge in [-0.3, -0.25) is 0 Å². The fourth-order valence-electron chi connectivity index (χ4n) is 1.35. The number of rotatable bonds is 4. The molecule has 0 radical (unpaired) electrons. The minimum Gasteiger partial charge on any atom is -0.484 e. The van der Waals surface area contributed by atoms with E-state index in [0.717, 1.165) is 12.5 Å². The van der Waals surface area contributed by atoms with Gasteiger partial charge in [0.2, 0.25) is 0 Å². The molecule has 17 heavy (non-hydrogen) atoms. The highest BCUT2D eigenvalue weighted by Crippen LogP contribution is 2.26. The van der Waals surface area contributed by atoms with Gasteiger partial charge in [0.15, 0.2) is 6.61 Å². The van der Waals surface area contributed by atoms with Gasteiger partial charge in [-0.1, -0.05) is 13.8 Å². The quantitative estimate of drug-likeness (QED) is 0.725. The summed E-state index contributed by atoms with van der Waals surface area (Å²) in [4.78, 5) is 0. The lowest BCUT2D eigenvalue weighted by molar-refractivity contribution is -0.153. The van der Waals surface area contributed by atoms with Crippen LogP contribution in [0.3, 0.4) is 0 Å². The van der Waals surface area contributed by atoms with Gasteiger partial charge in [0.05, 0.1) is 0 Å². The highest BCUT2D eigenvalue weighted by atomic mass is 19.4. The smallest absolute Gasteiger partial charge is 0.422 e. The second-order valence-electron chi connectivity index (χ2n) is 3.93. The Morgan fingerprint density at radius 1 is 1.24 bits per heavy atom. The standard InChI is InChI=1S/C12H14F4O/c1-3-8(2)9-4-10(13)6-11(5-9)17-7-12(14,15)16/h4-6,8H,3,7H2,1-2H3/t8-/m0/s1. The molecular formula is C12H14F4O. The highest BCUT2D eigenvalue weighted by molar-refractivity contribution is 5.31. The monoisotopic (exact) mass is 250 g/mol. The van der Waals surface area contributed by atoms with E-state index in [2.05, 4.69) is 4.74 Å². The first-order chi connectivity index (χ1) is 7.81. The Labute approximate surface area is 97.4 Å². The first kappa shape index (κ1) is 13.8. The second kappa shape index (κ2) is 5.38. The maximum absolute atomic E-state index is 13.2. The van der Waals surface area contributed by atoms with Crippen LogP contribution < -0.4 is 4.74 Å². The largest absolute Gasteiger partial charge is 0.484 e. The van der Waals surface area contributed by atoms with Crippen molar-refractivity contribution >= 4 is 0 Å². The third kappa shape index (κ3) is 4.63. The van der Waals surface area contributed by atoms with E-state index in [0.29, 0.717) is 5.56 Å². The Bertz CT molecular complexity index is 373. The summed E-state index contributed by atoms with van der Waals surface area (Å²) in [5.41, 5.74) is 0.643. The third-order valence-corrected chi connectivity index (χ3v) is 2.48. The Morgan fingerprint density at radius 3 is 2.41 bits per heavy atom. The number of alkyl halides is 3. The lowest BCUT2D eigenvalue weighted by atomic mass is 9.98. The number of hydrogen-bond acceptors (Lipinski definition) is 1. The summed E-state index contributed by atoms with van der Waals surface area (Å²) >= 11 is 0. The van der Waals surface area contributed by atoms with E-state index in [1.807, 2.05) is 13.8 Å². The Hall–Kier alpha value is -1.26. The molecule has 0 aliphatic carbocycles. The number of ether oxygens (including phenoxy) is 1. The molecule has 0 aromatic heterocycles. The molecule has 0 aliphatic heterocycles. The molecule has 0 bridgehead atoms. The van der Waals surface area contributed by atoms with Gasteiger partial charge in [0, 0.05) is 6.07 Å². The fourth-order valence-corrected chi connectivity index (χ4v) is 1.35. The maximum Gasteiger partial charge on any atom is 0.422 e. The fraction of sp³-hybridized carbons (Fsp3) is 0.500. The van der Waals surface area contributed by atoms with Gasteiger partial charge in [0.25, 0.3) is 0 Å². The van der Waals surface area contributed by atoms with Gasteiger partial charge < -0.3 is 4.74 Å². The molecule has 96 valence electrons. The van der Waals surface area contributed by atoms with Crippen LogP contribution in [0.1, 0.15) is 31.7 Å². The summed E-state index contributed by atoms with van der Waals surface area (Å²) in [5.74, 6) is -0.587. The van der Waals surface area contributed by atoms with Crippen LogP contribution in [0.25, 0.3) is 0 Å². The van der Waals surface area contributed by atoms with Crippen molar-refractivity contribution in [2.45, 2.75) is 32.4 Å². The van der Waals surface area contributed by atoms with Gasteiger partial charge >= 0.3 is 6.18 Å². The van der Waals surface area contributed by atoms with Crippen molar-refractivity contribution in [3.63, 3.8) is 0 Å². The first-order valence-corrected chi connectivity index (χ1v) is 5.32. The molecule has 0 unspecified atom stereocenters. The van der Waals surface area contributed by atoms with Crippen LogP contribution in [0, 0.1) is 5.82 Å². The molecule has 0 fully saturated rings. The predicted molar refractivity (Wildman–Crippen MR) is 56.7 cm³/mol. The molecule has 0 N–H and O–H groups in total. The van der Waals surface area contributed by atoms with Crippen molar-refractivity contribution in [1.82, 2.24) is 0 Å². The normalized spacial score (nSPS) is 13.5. The summed E-state index contributed by atoms with van der Waals surface area (Å²) < 4.78 is 53.5. The SMILES string of the molecule is CC[C@H](C)c1cc(F)cc(OCC(F)(F)F)c1. The van der Waals surface area contributed by atoms with Crippen molar-refractivity contribution in [3.8, 4) is 5.75 Å². The van der Waals surface area contributed by atoms with E-state index >= 15 is 0 Å². The summed E-state index contributed by atoms with van der Waals surface area (Å²) in [5, 5.41) is 0. The first-order valence-electron chi connectivity index (χ1n) is 5.32. The lowest BCUT2D eigenvalue weighted by Gasteiger charge is -2.13. The molecule has 1 nitrogen and oxygen atoms in total.